The van der Waals surface area contributed by atoms with Crippen LogP contribution in [0.2, 0.25) is 0 Å². The number of hydrogen-bond donors (Lipinski definition) is 2. The summed E-state index contributed by atoms with van der Waals surface area (Å²) in [5, 5.41) is 0. The molecule has 2 N–H and O–H groups in total. The summed E-state index contributed by atoms with van der Waals surface area (Å²) < 4.78 is 29.2. The number of amides is 1. The number of hydrogen-bond acceptors (Lipinski definition) is 3. The summed E-state index contributed by atoms with van der Waals surface area (Å²) in [6.07, 6.45) is 0. The van der Waals surface area contributed by atoms with Crippen LogP contribution in [0, 0.1) is 0 Å². The van der Waals surface area contributed by atoms with Crippen molar-refractivity contribution in [3.05, 3.63) is 12.2 Å². The van der Waals surface area contributed by atoms with Crippen LogP contribution in [0.1, 0.15) is 6.92 Å². The number of carbonyl (C=O) groups excluding carboxylic acids is 1. The summed E-state index contributed by atoms with van der Waals surface area (Å²) >= 11 is 0. The minimum absolute atomic E-state index is 0. The van der Waals surface area contributed by atoms with Crippen LogP contribution < -0.4 is 4.72 Å². The van der Waals surface area contributed by atoms with E-state index in [0.717, 1.165) is 0 Å². The van der Waals surface area contributed by atoms with Crippen LogP contribution in [0.3, 0.4) is 0 Å². The molecule has 0 aliphatic heterocycles. The van der Waals surface area contributed by atoms with Gasteiger partial charge in [-0.2, -0.15) is 8.42 Å². The molecule has 0 rings (SSSR count). The Morgan fingerprint density at radius 3 is 2.00 bits per heavy atom. The summed E-state index contributed by atoms with van der Waals surface area (Å²) in [5.41, 5.74) is 0.0117. The molecule has 7 heteroatoms. The van der Waals surface area contributed by atoms with E-state index in [-0.39, 0.29) is 35.1 Å². The zero-order valence-electron chi connectivity index (χ0n) is 5.29. The molecule has 0 aliphatic rings. The molecule has 0 aliphatic carbocycles. The van der Waals surface area contributed by atoms with Crippen molar-refractivity contribution in [1.29, 1.82) is 0 Å². The van der Waals surface area contributed by atoms with Gasteiger partial charge in [-0.25, -0.2) is 4.72 Å². The summed E-state index contributed by atoms with van der Waals surface area (Å²) in [6.45, 7) is 4.47. The van der Waals surface area contributed by atoms with Gasteiger partial charge >= 0.3 is 39.9 Å². The third-order valence-electron chi connectivity index (χ3n) is 0.609. The van der Waals surface area contributed by atoms with Crippen LogP contribution >= 0.6 is 0 Å². The number of carbonyl (C=O) groups is 1. The molecule has 0 spiro atoms. The second-order valence-corrected chi connectivity index (χ2v) is 2.84. The first-order valence-electron chi connectivity index (χ1n) is 2.28. The molecular formula is C4H8NNaO4S. The van der Waals surface area contributed by atoms with Gasteiger partial charge < -0.3 is 0 Å². The van der Waals surface area contributed by atoms with Gasteiger partial charge in [0, 0.05) is 5.57 Å². The molecule has 0 fully saturated rings. The van der Waals surface area contributed by atoms with E-state index in [0.29, 0.717) is 0 Å². The van der Waals surface area contributed by atoms with Crippen molar-refractivity contribution >= 4 is 45.8 Å². The Kier molecular flexibility index (Phi) is 6.09. The van der Waals surface area contributed by atoms with Gasteiger partial charge in [0.1, 0.15) is 0 Å². The van der Waals surface area contributed by atoms with Crippen LogP contribution in [0.5, 0.6) is 0 Å². The predicted molar refractivity (Wildman–Crippen MR) is 41.7 cm³/mol. The Labute approximate surface area is 87.0 Å². The van der Waals surface area contributed by atoms with Crippen LogP contribution in [0.15, 0.2) is 12.2 Å². The average Bonchev–Trinajstić information content (AvgIpc) is 1.60. The molecular weight excluding hydrogens is 181 g/mol. The fourth-order valence-corrected chi connectivity index (χ4v) is 0.613. The van der Waals surface area contributed by atoms with E-state index >= 15 is 0 Å². The number of nitrogens with one attached hydrogen (secondary N) is 1. The maximum atomic E-state index is 10.4. The van der Waals surface area contributed by atoms with Crippen molar-refractivity contribution in [2.75, 3.05) is 0 Å². The molecule has 60 valence electrons. The fourth-order valence-electron chi connectivity index (χ4n) is 0.204. The molecule has 0 aromatic heterocycles. The predicted octanol–water partition coefficient (Wildman–Crippen LogP) is -1.17. The molecule has 0 saturated heterocycles. The molecule has 0 bridgehead atoms. The molecule has 5 nitrogen and oxygen atoms in total. The first-order valence-corrected chi connectivity index (χ1v) is 3.72. The van der Waals surface area contributed by atoms with Crippen LogP contribution in [-0.2, 0) is 15.1 Å². The van der Waals surface area contributed by atoms with Gasteiger partial charge in [0.25, 0.3) is 5.91 Å². The molecule has 0 heterocycles. The summed E-state index contributed by atoms with van der Waals surface area (Å²) in [5.74, 6) is -0.914. The van der Waals surface area contributed by atoms with Crippen LogP contribution in [0.4, 0.5) is 0 Å². The Morgan fingerprint density at radius 1 is 1.55 bits per heavy atom. The zero-order chi connectivity index (χ0) is 8.36. The van der Waals surface area contributed by atoms with Gasteiger partial charge in [-0.15, -0.1) is 0 Å². The van der Waals surface area contributed by atoms with Gasteiger partial charge in [0.05, 0.1) is 0 Å². The third-order valence-corrected chi connectivity index (χ3v) is 1.05. The molecule has 0 aromatic rings. The van der Waals surface area contributed by atoms with Crippen LogP contribution in [-0.4, -0.2) is 48.4 Å². The van der Waals surface area contributed by atoms with E-state index < -0.39 is 16.2 Å². The number of rotatable bonds is 2. The van der Waals surface area contributed by atoms with Crippen molar-refractivity contribution in [3.63, 3.8) is 0 Å². The first-order chi connectivity index (χ1) is 4.33. The van der Waals surface area contributed by atoms with Crippen molar-refractivity contribution < 1.29 is 17.8 Å². The molecule has 0 radical (unpaired) electrons. The third kappa shape index (κ3) is 8.02. The van der Waals surface area contributed by atoms with Crippen molar-refractivity contribution in [1.82, 2.24) is 4.72 Å². The SMILES string of the molecule is C=C(C)C(=O)NS(=O)(=O)O.[NaH]. The summed E-state index contributed by atoms with van der Waals surface area (Å²) in [4.78, 5) is 10.4. The zero-order valence-corrected chi connectivity index (χ0v) is 6.10. The van der Waals surface area contributed by atoms with Gasteiger partial charge in [0.2, 0.25) is 0 Å². The second-order valence-electron chi connectivity index (χ2n) is 1.69. The standard InChI is InChI=1S/C4H7NO4S.Na.H/c1-3(2)4(6)5-10(7,8)9;;/h1H2,2H3,(H,5,6)(H,7,8,9);;. The minimum atomic E-state index is -4.43. The van der Waals surface area contributed by atoms with Gasteiger partial charge in [0.15, 0.2) is 0 Å². The van der Waals surface area contributed by atoms with E-state index in [9.17, 15) is 13.2 Å². The summed E-state index contributed by atoms with van der Waals surface area (Å²) in [6, 6.07) is 0. The van der Waals surface area contributed by atoms with Crippen molar-refractivity contribution in [3.8, 4) is 0 Å². The van der Waals surface area contributed by atoms with Crippen LogP contribution in [0.25, 0.3) is 0 Å². The molecule has 1 amide bonds. The molecule has 0 aromatic carbocycles. The van der Waals surface area contributed by atoms with E-state index in [4.69, 9.17) is 4.55 Å². The van der Waals surface area contributed by atoms with E-state index in [1.807, 2.05) is 0 Å². The Balaban J connectivity index is 0. The van der Waals surface area contributed by atoms with Gasteiger partial charge in [-0.05, 0) is 6.92 Å². The van der Waals surface area contributed by atoms with E-state index in [1.165, 1.54) is 11.6 Å². The quantitative estimate of drug-likeness (QED) is 0.326. The Morgan fingerprint density at radius 2 is 1.91 bits per heavy atom. The van der Waals surface area contributed by atoms with Crippen molar-refractivity contribution in [2.24, 2.45) is 0 Å². The fraction of sp³-hybridized carbons (Fsp3) is 0.250. The normalized spacial score (nSPS) is 9.64. The Hall–Kier alpha value is 0.120. The monoisotopic (exact) mass is 189 g/mol. The molecule has 0 saturated carbocycles. The molecule has 0 unspecified atom stereocenters. The average molecular weight is 189 g/mol. The van der Waals surface area contributed by atoms with E-state index in [2.05, 4.69) is 6.58 Å². The van der Waals surface area contributed by atoms with Gasteiger partial charge in [-0.1, -0.05) is 6.58 Å². The van der Waals surface area contributed by atoms with Crippen molar-refractivity contribution in [2.45, 2.75) is 6.92 Å². The second kappa shape index (κ2) is 4.89. The topological polar surface area (TPSA) is 83.5 Å². The summed E-state index contributed by atoms with van der Waals surface area (Å²) in [7, 11) is -4.43. The first kappa shape index (κ1) is 13.7. The maximum absolute atomic E-state index is 10.4. The molecule has 11 heavy (non-hydrogen) atoms. The Bertz CT molecular complexity index is 257. The van der Waals surface area contributed by atoms with E-state index in [1.54, 1.807) is 0 Å². The van der Waals surface area contributed by atoms with Gasteiger partial charge in [-0.3, -0.25) is 9.35 Å². The molecule has 0 atom stereocenters.